The fraction of sp³-hybridized carbons (Fsp3) is 0.174. The fourth-order valence-electron chi connectivity index (χ4n) is 3.18. The molecule has 0 aliphatic carbocycles. The lowest BCUT2D eigenvalue weighted by atomic mass is 10.1. The van der Waals surface area contributed by atoms with Gasteiger partial charge in [-0.1, -0.05) is 36.4 Å². The molecule has 29 heavy (non-hydrogen) atoms. The first-order valence-corrected chi connectivity index (χ1v) is 10.3. The van der Waals surface area contributed by atoms with Gasteiger partial charge >= 0.3 is 5.97 Å². The van der Waals surface area contributed by atoms with Crippen molar-refractivity contribution in [1.29, 1.82) is 0 Å². The first-order chi connectivity index (χ1) is 14.2. The van der Waals surface area contributed by atoms with E-state index in [0.717, 1.165) is 37.6 Å². The molecule has 4 aromatic rings. The molecule has 0 fully saturated rings. The highest BCUT2D eigenvalue weighted by Gasteiger charge is 2.16. The van der Waals surface area contributed by atoms with Crippen LogP contribution in [-0.4, -0.2) is 22.5 Å². The predicted octanol–water partition coefficient (Wildman–Crippen LogP) is 5.08. The second kappa shape index (κ2) is 8.84. The summed E-state index contributed by atoms with van der Waals surface area (Å²) in [5, 5.41) is 4.58. The SMILES string of the molecule is CCOC(=O)Cc1cc2c(NCc3ccccn3)c(-c3ccccc3)ncc2s1. The number of anilines is 1. The molecule has 0 saturated heterocycles. The lowest BCUT2D eigenvalue weighted by molar-refractivity contribution is -0.142. The topological polar surface area (TPSA) is 64.1 Å². The quantitative estimate of drug-likeness (QED) is 0.436. The maximum absolute atomic E-state index is 11.9. The number of carbonyl (C=O) groups is 1. The number of thiophene rings is 1. The van der Waals surface area contributed by atoms with E-state index < -0.39 is 0 Å². The minimum absolute atomic E-state index is 0.210. The zero-order valence-electron chi connectivity index (χ0n) is 16.1. The molecule has 3 heterocycles. The molecule has 0 unspecified atom stereocenters. The van der Waals surface area contributed by atoms with Crippen molar-refractivity contribution in [2.24, 2.45) is 0 Å². The molecule has 0 amide bonds. The van der Waals surface area contributed by atoms with Crippen molar-refractivity contribution in [2.75, 3.05) is 11.9 Å². The van der Waals surface area contributed by atoms with E-state index >= 15 is 0 Å². The minimum Gasteiger partial charge on any atom is -0.466 e. The summed E-state index contributed by atoms with van der Waals surface area (Å²) in [6.45, 7) is 2.80. The van der Waals surface area contributed by atoms with Crippen LogP contribution in [0.1, 0.15) is 17.5 Å². The maximum Gasteiger partial charge on any atom is 0.311 e. The van der Waals surface area contributed by atoms with Crippen LogP contribution >= 0.6 is 11.3 Å². The number of pyridine rings is 2. The van der Waals surface area contributed by atoms with Gasteiger partial charge in [-0.3, -0.25) is 14.8 Å². The van der Waals surface area contributed by atoms with Crippen LogP contribution < -0.4 is 5.32 Å². The number of hydrogen-bond donors (Lipinski definition) is 1. The van der Waals surface area contributed by atoms with Crippen LogP contribution in [0.15, 0.2) is 67.0 Å². The van der Waals surface area contributed by atoms with Crippen LogP contribution in [0.3, 0.4) is 0 Å². The number of fused-ring (bicyclic) bond motifs is 1. The lowest BCUT2D eigenvalue weighted by Gasteiger charge is -2.13. The van der Waals surface area contributed by atoms with Crippen LogP contribution in [0.4, 0.5) is 5.69 Å². The number of rotatable bonds is 7. The predicted molar refractivity (Wildman–Crippen MR) is 117 cm³/mol. The number of hydrogen-bond acceptors (Lipinski definition) is 6. The van der Waals surface area contributed by atoms with E-state index in [1.165, 1.54) is 0 Å². The molecule has 0 saturated carbocycles. The molecule has 6 heteroatoms. The molecule has 5 nitrogen and oxygen atoms in total. The smallest absolute Gasteiger partial charge is 0.311 e. The van der Waals surface area contributed by atoms with Gasteiger partial charge in [-0.2, -0.15) is 0 Å². The van der Waals surface area contributed by atoms with Crippen molar-refractivity contribution in [3.63, 3.8) is 0 Å². The summed E-state index contributed by atoms with van der Waals surface area (Å²) in [5.74, 6) is -0.210. The number of nitrogens with zero attached hydrogens (tertiary/aromatic N) is 2. The van der Waals surface area contributed by atoms with Gasteiger partial charge in [0.1, 0.15) is 0 Å². The second-order valence-electron chi connectivity index (χ2n) is 6.49. The second-order valence-corrected chi connectivity index (χ2v) is 7.66. The number of nitrogens with one attached hydrogen (secondary N) is 1. The Labute approximate surface area is 173 Å². The Hall–Kier alpha value is -3.25. The number of esters is 1. The number of aromatic nitrogens is 2. The van der Waals surface area contributed by atoms with Gasteiger partial charge in [-0.05, 0) is 25.1 Å². The van der Waals surface area contributed by atoms with Crippen molar-refractivity contribution in [2.45, 2.75) is 19.9 Å². The summed E-state index contributed by atoms with van der Waals surface area (Å²) < 4.78 is 6.13. The highest BCUT2D eigenvalue weighted by Crippen LogP contribution is 2.37. The Balaban J connectivity index is 1.74. The normalized spacial score (nSPS) is 10.8. The molecule has 0 aliphatic heterocycles. The zero-order valence-corrected chi connectivity index (χ0v) is 16.9. The van der Waals surface area contributed by atoms with Crippen LogP contribution in [-0.2, 0) is 22.5 Å². The Bertz CT molecular complexity index is 1110. The van der Waals surface area contributed by atoms with Crippen molar-refractivity contribution in [1.82, 2.24) is 9.97 Å². The summed E-state index contributed by atoms with van der Waals surface area (Å²) in [5.41, 5.74) is 3.82. The molecule has 0 aliphatic rings. The molecule has 146 valence electrons. The first kappa shape index (κ1) is 19.1. The molecule has 1 aromatic carbocycles. The Kier molecular flexibility index (Phi) is 5.81. The van der Waals surface area contributed by atoms with Crippen molar-refractivity contribution in [3.8, 4) is 11.3 Å². The third-order valence-corrected chi connectivity index (χ3v) is 5.54. The molecular weight excluding hydrogens is 382 g/mol. The molecule has 0 atom stereocenters. The fourth-order valence-corrected chi connectivity index (χ4v) is 4.21. The zero-order chi connectivity index (χ0) is 20.1. The van der Waals surface area contributed by atoms with Crippen LogP contribution in [0, 0.1) is 0 Å². The summed E-state index contributed by atoms with van der Waals surface area (Å²) >= 11 is 1.57. The van der Waals surface area contributed by atoms with Crippen molar-refractivity contribution >= 4 is 33.1 Å². The van der Waals surface area contributed by atoms with Crippen molar-refractivity contribution < 1.29 is 9.53 Å². The van der Waals surface area contributed by atoms with Gasteiger partial charge in [0.2, 0.25) is 0 Å². The molecule has 0 bridgehead atoms. The highest BCUT2D eigenvalue weighted by molar-refractivity contribution is 7.19. The number of carbonyl (C=O) groups excluding carboxylic acids is 1. The van der Waals surface area contributed by atoms with E-state index in [-0.39, 0.29) is 12.4 Å². The van der Waals surface area contributed by atoms with Gasteiger partial charge in [-0.15, -0.1) is 11.3 Å². The summed E-state index contributed by atoms with van der Waals surface area (Å²) in [6, 6.07) is 18.0. The van der Waals surface area contributed by atoms with Gasteiger partial charge in [-0.25, -0.2) is 0 Å². The molecule has 3 aromatic heterocycles. The van der Waals surface area contributed by atoms with E-state index in [0.29, 0.717) is 13.2 Å². The summed E-state index contributed by atoms with van der Waals surface area (Å²) in [6.07, 6.45) is 3.94. The highest BCUT2D eigenvalue weighted by atomic mass is 32.1. The van der Waals surface area contributed by atoms with Crippen LogP contribution in [0.2, 0.25) is 0 Å². The Morgan fingerprint density at radius 1 is 1.10 bits per heavy atom. The molecule has 0 radical (unpaired) electrons. The summed E-state index contributed by atoms with van der Waals surface area (Å²) in [4.78, 5) is 22.0. The van der Waals surface area contributed by atoms with Gasteiger partial charge in [0.25, 0.3) is 0 Å². The maximum atomic E-state index is 11.9. The van der Waals surface area contributed by atoms with E-state index in [4.69, 9.17) is 9.72 Å². The average Bonchev–Trinajstić information content (AvgIpc) is 3.16. The molecule has 1 N–H and O–H groups in total. The van der Waals surface area contributed by atoms with Crippen LogP contribution in [0.5, 0.6) is 0 Å². The third-order valence-electron chi connectivity index (χ3n) is 4.47. The third kappa shape index (κ3) is 4.43. The molecule has 0 spiro atoms. The minimum atomic E-state index is -0.210. The van der Waals surface area contributed by atoms with Gasteiger partial charge in [0.05, 0.1) is 41.3 Å². The largest absolute Gasteiger partial charge is 0.466 e. The van der Waals surface area contributed by atoms with E-state index in [1.807, 2.05) is 61.7 Å². The average molecular weight is 404 g/mol. The van der Waals surface area contributed by atoms with Gasteiger partial charge < -0.3 is 10.1 Å². The Morgan fingerprint density at radius 3 is 2.69 bits per heavy atom. The number of benzene rings is 1. The van der Waals surface area contributed by atoms with E-state index in [1.54, 1.807) is 17.5 Å². The van der Waals surface area contributed by atoms with Crippen LogP contribution in [0.25, 0.3) is 21.3 Å². The van der Waals surface area contributed by atoms with Gasteiger partial charge in [0.15, 0.2) is 0 Å². The monoisotopic (exact) mass is 403 g/mol. The van der Waals surface area contributed by atoms with Crippen molar-refractivity contribution in [3.05, 3.63) is 77.6 Å². The molecular formula is C23H21N3O2S. The van der Waals surface area contributed by atoms with E-state index in [2.05, 4.69) is 16.4 Å². The molecule has 4 rings (SSSR count). The standard InChI is InChI=1S/C23H21N3O2S/c1-2-28-21(27)13-18-12-19-20(29-18)15-26-22(16-8-4-3-5-9-16)23(19)25-14-17-10-6-7-11-24-17/h3-12,15,25H,2,13-14H2,1H3. The Morgan fingerprint density at radius 2 is 1.93 bits per heavy atom. The first-order valence-electron chi connectivity index (χ1n) is 9.51. The lowest BCUT2D eigenvalue weighted by Crippen LogP contribution is -2.06. The van der Waals surface area contributed by atoms with Gasteiger partial charge in [0, 0.05) is 28.2 Å². The number of ether oxygens (including phenoxy) is 1. The summed E-state index contributed by atoms with van der Waals surface area (Å²) in [7, 11) is 0. The van der Waals surface area contributed by atoms with E-state index in [9.17, 15) is 4.79 Å².